The quantitative estimate of drug-likeness (QED) is 0.846. The predicted molar refractivity (Wildman–Crippen MR) is 92.4 cm³/mol. The third-order valence-corrected chi connectivity index (χ3v) is 4.52. The van der Waals surface area contributed by atoms with Gasteiger partial charge in [-0.1, -0.05) is 12.1 Å². The number of piperazine rings is 1. The number of nitrogens with zero attached hydrogens (tertiary/aromatic N) is 2. The van der Waals surface area contributed by atoms with Gasteiger partial charge in [-0.3, -0.25) is 9.69 Å². The van der Waals surface area contributed by atoms with Crippen molar-refractivity contribution in [2.24, 2.45) is 0 Å². The van der Waals surface area contributed by atoms with Gasteiger partial charge in [0.2, 0.25) is 5.91 Å². The number of carbonyl (C=O) groups excluding carboxylic acids is 1. The second-order valence-corrected chi connectivity index (χ2v) is 6.00. The van der Waals surface area contributed by atoms with E-state index in [0.717, 1.165) is 26.2 Å². The molecule has 0 unspecified atom stereocenters. The smallest absolute Gasteiger partial charge is 0.237 e. The Labute approximate surface area is 133 Å². The molecular formula is C18H27N3O. The fourth-order valence-electron chi connectivity index (χ4n) is 2.78. The van der Waals surface area contributed by atoms with Gasteiger partial charge in [-0.05, 0) is 44.0 Å². The van der Waals surface area contributed by atoms with Crippen LogP contribution in [0.4, 0.5) is 5.69 Å². The number of amides is 1. The number of anilines is 1. The first-order valence-electron chi connectivity index (χ1n) is 7.97. The van der Waals surface area contributed by atoms with Gasteiger partial charge in [0.05, 0.1) is 6.04 Å². The normalized spacial score (nSPS) is 17.1. The van der Waals surface area contributed by atoms with Crippen LogP contribution in [0.25, 0.3) is 0 Å². The van der Waals surface area contributed by atoms with Gasteiger partial charge >= 0.3 is 0 Å². The number of benzene rings is 1. The van der Waals surface area contributed by atoms with Crippen molar-refractivity contribution in [2.75, 3.05) is 37.6 Å². The maximum atomic E-state index is 12.0. The first-order chi connectivity index (χ1) is 10.5. The third-order valence-electron chi connectivity index (χ3n) is 4.52. The summed E-state index contributed by atoms with van der Waals surface area (Å²) in [7, 11) is 0. The Morgan fingerprint density at radius 2 is 1.95 bits per heavy atom. The van der Waals surface area contributed by atoms with Crippen LogP contribution < -0.4 is 10.2 Å². The SMILES string of the molecule is C=CCNC(=O)[C@H](C)N1CCN(c2ccc(C)c(C)c2)CC1. The van der Waals surface area contributed by atoms with E-state index >= 15 is 0 Å². The molecule has 22 heavy (non-hydrogen) atoms. The zero-order valence-corrected chi connectivity index (χ0v) is 13.9. The summed E-state index contributed by atoms with van der Waals surface area (Å²) in [5, 5.41) is 2.87. The van der Waals surface area contributed by atoms with Gasteiger partial charge in [0, 0.05) is 38.4 Å². The number of nitrogens with one attached hydrogen (secondary N) is 1. The molecule has 1 atom stereocenters. The molecule has 4 heteroatoms. The molecule has 1 aliphatic heterocycles. The molecule has 1 aromatic carbocycles. The Balaban J connectivity index is 1.90. The van der Waals surface area contributed by atoms with Gasteiger partial charge in [-0.2, -0.15) is 0 Å². The summed E-state index contributed by atoms with van der Waals surface area (Å²) >= 11 is 0. The maximum absolute atomic E-state index is 12.0. The van der Waals surface area contributed by atoms with Crippen molar-refractivity contribution in [3.63, 3.8) is 0 Å². The van der Waals surface area contributed by atoms with E-state index in [0.29, 0.717) is 6.54 Å². The largest absolute Gasteiger partial charge is 0.369 e. The van der Waals surface area contributed by atoms with Gasteiger partial charge in [-0.25, -0.2) is 0 Å². The predicted octanol–water partition coefficient (Wildman–Crippen LogP) is 2.12. The summed E-state index contributed by atoms with van der Waals surface area (Å²) < 4.78 is 0. The minimum Gasteiger partial charge on any atom is -0.369 e. The molecule has 1 aliphatic rings. The lowest BCUT2D eigenvalue weighted by molar-refractivity contribution is -0.125. The van der Waals surface area contributed by atoms with Gasteiger partial charge in [0.15, 0.2) is 0 Å². The molecule has 1 N–H and O–H groups in total. The van der Waals surface area contributed by atoms with Crippen molar-refractivity contribution in [3.8, 4) is 0 Å². The summed E-state index contributed by atoms with van der Waals surface area (Å²) in [6.07, 6.45) is 1.71. The van der Waals surface area contributed by atoms with E-state index in [2.05, 4.69) is 53.7 Å². The molecule has 0 aliphatic carbocycles. The lowest BCUT2D eigenvalue weighted by Gasteiger charge is -2.38. The van der Waals surface area contributed by atoms with E-state index in [9.17, 15) is 4.79 Å². The zero-order valence-electron chi connectivity index (χ0n) is 13.9. The van der Waals surface area contributed by atoms with Crippen molar-refractivity contribution < 1.29 is 4.79 Å². The molecule has 0 aromatic heterocycles. The summed E-state index contributed by atoms with van der Waals surface area (Å²) in [4.78, 5) is 16.7. The minimum atomic E-state index is -0.0816. The van der Waals surface area contributed by atoms with Crippen LogP contribution in [0.5, 0.6) is 0 Å². The standard InChI is InChI=1S/C18H27N3O/c1-5-8-19-18(22)16(4)20-9-11-21(12-10-20)17-7-6-14(2)15(3)13-17/h5-7,13,16H,1,8-12H2,2-4H3,(H,19,22)/t16-/m0/s1. The third kappa shape index (κ3) is 3.89. The average Bonchev–Trinajstić information content (AvgIpc) is 2.54. The van der Waals surface area contributed by atoms with Gasteiger partial charge in [-0.15, -0.1) is 6.58 Å². The van der Waals surface area contributed by atoms with Crippen LogP contribution in [0.15, 0.2) is 30.9 Å². The van der Waals surface area contributed by atoms with E-state index in [-0.39, 0.29) is 11.9 Å². The van der Waals surface area contributed by atoms with Crippen molar-refractivity contribution in [2.45, 2.75) is 26.8 Å². The molecular weight excluding hydrogens is 274 g/mol. The summed E-state index contributed by atoms with van der Waals surface area (Å²) in [5.74, 6) is 0.0829. The first-order valence-corrected chi connectivity index (χ1v) is 7.97. The fourth-order valence-corrected chi connectivity index (χ4v) is 2.78. The monoisotopic (exact) mass is 301 g/mol. The van der Waals surface area contributed by atoms with Gasteiger partial charge in [0.1, 0.15) is 0 Å². The topological polar surface area (TPSA) is 35.6 Å². The number of hydrogen-bond donors (Lipinski definition) is 1. The van der Waals surface area contributed by atoms with Gasteiger partial charge in [0.25, 0.3) is 0 Å². The number of aryl methyl sites for hydroxylation is 2. The minimum absolute atomic E-state index is 0.0816. The molecule has 120 valence electrons. The van der Waals surface area contributed by atoms with E-state index < -0.39 is 0 Å². The Kier molecular flexibility index (Phi) is 5.61. The average molecular weight is 301 g/mol. The second kappa shape index (κ2) is 7.45. The Morgan fingerprint density at radius 3 is 2.55 bits per heavy atom. The van der Waals surface area contributed by atoms with E-state index in [1.807, 2.05) is 6.92 Å². The molecule has 2 rings (SSSR count). The van der Waals surface area contributed by atoms with Crippen LogP contribution in [0.2, 0.25) is 0 Å². The zero-order chi connectivity index (χ0) is 16.1. The molecule has 0 bridgehead atoms. The van der Waals surface area contributed by atoms with E-state index in [1.54, 1.807) is 6.08 Å². The number of hydrogen-bond acceptors (Lipinski definition) is 3. The van der Waals surface area contributed by atoms with Crippen molar-refractivity contribution in [1.82, 2.24) is 10.2 Å². The summed E-state index contributed by atoms with van der Waals surface area (Å²) in [6, 6.07) is 6.55. The van der Waals surface area contributed by atoms with Crippen LogP contribution in [0.3, 0.4) is 0 Å². The van der Waals surface area contributed by atoms with Crippen molar-refractivity contribution >= 4 is 11.6 Å². The van der Waals surface area contributed by atoms with Crippen molar-refractivity contribution in [3.05, 3.63) is 42.0 Å². The highest BCUT2D eigenvalue weighted by Crippen LogP contribution is 2.20. The first kappa shape index (κ1) is 16.6. The number of carbonyl (C=O) groups is 1. The molecule has 1 fully saturated rings. The van der Waals surface area contributed by atoms with E-state index in [1.165, 1.54) is 16.8 Å². The molecule has 1 amide bonds. The fraction of sp³-hybridized carbons (Fsp3) is 0.500. The van der Waals surface area contributed by atoms with Gasteiger partial charge < -0.3 is 10.2 Å². The lowest BCUT2D eigenvalue weighted by atomic mass is 10.1. The Morgan fingerprint density at radius 1 is 1.27 bits per heavy atom. The van der Waals surface area contributed by atoms with Crippen LogP contribution in [0.1, 0.15) is 18.1 Å². The molecule has 0 spiro atoms. The molecule has 1 saturated heterocycles. The molecule has 0 saturated carbocycles. The Bertz CT molecular complexity index is 533. The highest BCUT2D eigenvalue weighted by atomic mass is 16.2. The molecule has 4 nitrogen and oxygen atoms in total. The lowest BCUT2D eigenvalue weighted by Crippen LogP contribution is -2.54. The summed E-state index contributed by atoms with van der Waals surface area (Å²) in [5.41, 5.74) is 3.94. The van der Waals surface area contributed by atoms with Crippen LogP contribution in [0, 0.1) is 13.8 Å². The number of rotatable bonds is 5. The van der Waals surface area contributed by atoms with Crippen LogP contribution in [-0.2, 0) is 4.79 Å². The maximum Gasteiger partial charge on any atom is 0.237 e. The second-order valence-electron chi connectivity index (χ2n) is 6.00. The van der Waals surface area contributed by atoms with E-state index in [4.69, 9.17) is 0 Å². The highest BCUT2D eigenvalue weighted by Gasteiger charge is 2.25. The molecule has 1 aromatic rings. The molecule has 1 heterocycles. The summed E-state index contributed by atoms with van der Waals surface area (Å²) in [6.45, 7) is 14.2. The molecule has 0 radical (unpaired) electrons. The van der Waals surface area contributed by atoms with Crippen LogP contribution >= 0.6 is 0 Å². The van der Waals surface area contributed by atoms with Crippen LogP contribution in [-0.4, -0.2) is 49.6 Å². The highest BCUT2D eigenvalue weighted by molar-refractivity contribution is 5.81. The Hall–Kier alpha value is -1.81. The van der Waals surface area contributed by atoms with Crippen molar-refractivity contribution in [1.29, 1.82) is 0 Å².